The van der Waals surface area contributed by atoms with Crippen LogP contribution in [0.1, 0.15) is 59.3 Å². The Morgan fingerprint density at radius 3 is 2.43 bits per heavy atom. The quantitative estimate of drug-likeness (QED) is 0.802. The molecule has 1 aliphatic heterocycles. The summed E-state index contributed by atoms with van der Waals surface area (Å²) in [7, 11) is 0. The van der Waals surface area contributed by atoms with Crippen molar-refractivity contribution in [3.05, 3.63) is 0 Å². The molecule has 23 heavy (non-hydrogen) atoms. The van der Waals surface area contributed by atoms with Crippen molar-refractivity contribution in [2.45, 2.75) is 70.9 Å². The lowest BCUT2D eigenvalue weighted by Crippen LogP contribution is -2.54. The van der Waals surface area contributed by atoms with E-state index in [9.17, 15) is 4.79 Å². The van der Waals surface area contributed by atoms with Gasteiger partial charge in [0.15, 0.2) is 0 Å². The van der Waals surface area contributed by atoms with Crippen LogP contribution >= 0.6 is 24.8 Å². The second-order valence-corrected chi connectivity index (χ2v) is 7.62. The van der Waals surface area contributed by atoms with E-state index >= 15 is 0 Å². The summed E-state index contributed by atoms with van der Waals surface area (Å²) in [6.07, 6.45) is 6.74. The molecule has 1 saturated heterocycles. The average molecular weight is 368 g/mol. The Kier molecular flexibility index (Phi) is 10.1. The molecule has 2 aliphatic rings. The van der Waals surface area contributed by atoms with E-state index in [1.165, 1.54) is 12.8 Å². The van der Waals surface area contributed by atoms with Crippen LogP contribution in [-0.4, -0.2) is 42.0 Å². The minimum Gasteiger partial charge on any atom is -0.354 e. The van der Waals surface area contributed by atoms with Crippen LogP contribution in [0.15, 0.2) is 0 Å². The fourth-order valence-corrected chi connectivity index (χ4v) is 3.76. The number of nitrogens with zero attached hydrogens (tertiary/aromatic N) is 1. The van der Waals surface area contributed by atoms with E-state index in [1.54, 1.807) is 0 Å². The lowest BCUT2D eigenvalue weighted by Gasteiger charge is -2.38. The predicted octanol–water partition coefficient (Wildman–Crippen LogP) is 2.97. The Morgan fingerprint density at radius 2 is 1.87 bits per heavy atom. The highest BCUT2D eigenvalue weighted by Crippen LogP contribution is 2.31. The van der Waals surface area contributed by atoms with Gasteiger partial charge in [-0.05, 0) is 58.5 Å². The molecule has 0 bridgehead atoms. The summed E-state index contributed by atoms with van der Waals surface area (Å²) in [6, 6.07) is 0.425. The summed E-state index contributed by atoms with van der Waals surface area (Å²) in [5.41, 5.74) is 5.99. The molecule has 1 amide bonds. The van der Waals surface area contributed by atoms with Gasteiger partial charge in [0.05, 0.1) is 5.92 Å². The molecule has 0 radical (unpaired) electrons. The molecule has 2 fully saturated rings. The average Bonchev–Trinajstić information content (AvgIpc) is 2.44. The number of carbonyl (C=O) groups excluding carboxylic acids is 1. The van der Waals surface area contributed by atoms with Crippen molar-refractivity contribution in [3.8, 4) is 0 Å². The van der Waals surface area contributed by atoms with Crippen LogP contribution < -0.4 is 11.1 Å². The van der Waals surface area contributed by atoms with Gasteiger partial charge in [0.25, 0.3) is 0 Å². The lowest BCUT2D eigenvalue weighted by molar-refractivity contribution is -0.128. The van der Waals surface area contributed by atoms with Crippen molar-refractivity contribution >= 4 is 30.7 Å². The minimum atomic E-state index is -0.327. The molecule has 138 valence electrons. The van der Waals surface area contributed by atoms with Gasteiger partial charge in [-0.25, -0.2) is 0 Å². The van der Waals surface area contributed by atoms with Crippen LogP contribution in [0.5, 0.6) is 0 Å². The van der Waals surface area contributed by atoms with E-state index in [-0.39, 0.29) is 42.2 Å². The molecule has 0 aromatic carbocycles. The maximum absolute atomic E-state index is 12.4. The van der Waals surface area contributed by atoms with Gasteiger partial charge in [0.2, 0.25) is 5.91 Å². The molecule has 0 aromatic heterocycles. The van der Waals surface area contributed by atoms with Crippen LogP contribution in [-0.2, 0) is 4.79 Å². The molecule has 1 aliphatic carbocycles. The zero-order chi connectivity index (χ0) is 15.5. The summed E-state index contributed by atoms with van der Waals surface area (Å²) in [4.78, 5) is 14.9. The highest BCUT2D eigenvalue weighted by atomic mass is 35.5. The second kappa shape index (κ2) is 10.1. The smallest absolute Gasteiger partial charge is 0.225 e. The van der Waals surface area contributed by atoms with E-state index in [4.69, 9.17) is 5.73 Å². The molecule has 1 heterocycles. The molecule has 0 aromatic rings. The number of halogens is 2. The Bertz CT molecular complexity index is 358. The molecule has 3 atom stereocenters. The number of hydrogen-bond donors (Lipinski definition) is 2. The van der Waals surface area contributed by atoms with E-state index in [0.29, 0.717) is 6.04 Å². The summed E-state index contributed by atoms with van der Waals surface area (Å²) in [6.45, 7) is 9.66. The lowest BCUT2D eigenvalue weighted by atomic mass is 9.74. The first-order valence-electron chi connectivity index (χ1n) is 8.71. The summed E-state index contributed by atoms with van der Waals surface area (Å²) < 4.78 is 0. The molecule has 1 saturated carbocycles. The van der Waals surface area contributed by atoms with E-state index < -0.39 is 0 Å². The second-order valence-electron chi connectivity index (χ2n) is 7.62. The molecule has 0 spiro atoms. The number of nitrogens with one attached hydrogen (secondary N) is 1. The number of rotatable bonds is 4. The van der Waals surface area contributed by atoms with Gasteiger partial charge < -0.3 is 11.1 Å². The molecule has 6 heteroatoms. The highest BCUT2D eigenvalue weighted by Gasteiger charge is 2.37. The van der Waals surface area contributed by atoms with Gasteiger partial charge in [-0.3, -0.25) is 9.69 Å². The third kappa shape index (κ3) is 6.41. The molecule has 2 rings (SSSR count). The number of carbonyl (C=O) groups is 1. The van der Waals surface area contributed by atoms with Crippen LogP contribution in [0.3, 0.4) is 0 Å². The van der Waals surface area contributed by atoms with Crippen LogP contribution in [0.2, 0.25) is 0 Å². The zero-order valence-corrected chi connectivity index (χ0v) is 16.5. The van der Waals surface area contributed by atoms with Gasteiger partial charge in [-0.15, -0.1) is 24.8 Å². The number of piperidine rings is 1. The maximum atomic E-state index is 12.4. The number of amides is 1. The van der Waals surface area contributed by atoms with Crippen molar-refractivity contribution < 1.29 is 4.79 Å². The predicted molar refractivity (Wildman–Crippen MR) is 101 cm³/mol. The highest BCUT2D eigenvalue weighted by molar-refractivity contribution is 5.85. The first kappa shape index (κ1) is 23.0. The van der Waals surface area contributed by atoms with Crippen molar-refractivity contribution in [1.29, 1.82) is 0 Å². The fourth-order valence-electron chi connectivity index (χ4n) is 3.76. The summed E-state index contributed by atoms with van der Waals surface area (Å²) >= 11 is 0. The SMILES string of the molecule is CC1CCN(C(C)CNC(=O)C2CCCCC2(C)N)CC1.Cl.Cl. The molecular formula is C17H35Cl2N3O. The third-order valence-electron chi connectivity index (χ3n) is 5.58. The van der Waals surface area contributed by atoms with Gasteiger partial charge in [0, 0.05) is 18.1 Å². The molecule has 3 unspecified atom stereocenters. The molecular weight excluding hydrogens is 333 g/mol. The first-order valence-corrected chi connectivity index (χ1v) is 8.71. The Morgan fingerprint density at radius 1 is 1.26 bits per heavy atom. The summed E-state index contributed by atoms with van der Waals surface area (Å²) in [5.74, 6) is 1.000. The summed E-state index contributed by atoms with van der Waals surface area (Å²) in [5, 5.41) is 3.16. The van der Waals surface area contributed by atoms with Crippen molar-refractivity contribution in [1.82, 2.24) is 10.2 Å². The van der Waals surface area contributed by atoms with Crippen LogP contribution in [0.4, 0.5) is 0 Å². The van der Waals surface area contributed by atoms with Crippen LogP contribution in [0, 0.1) is 11.8 Å². The molecule has 4 nitrogen and oxygen atoms in total. The number of hydrogen-bond acceptors (Lipinski definition) is 3. The van der Waals surface area contributed by atoms with Gasteiger partial charge in [0.1, 0.15) is 0 Å². The zero-order valence-electron chi connectivity index (χ0n) is 14.8. The maximum Gasteiger partial charge on any atom is 0.225 e. The largest absolute Gasteiger partial charge is 0.354 e. The van der Waals surface area contributed by atoms with Crippen molar-refractivity contribution in [2.75, 3.05) is 19.6 Å². The van der Waals surface area contributed by atoms with Crippen molar-refractivity contribution in [3.63, 3.8) is 0 Å². The third-order valence-corrected chi connectivity index (χ3v) is 5.58. The first-order chi connectivity index (χ1) is 9.90. The van der Waals surface area contributed by atoms with Gasteiger partial charge in [-0.1, -0.05) is 19.8 Å². The monoisotopic (exact) mass is 367 g/mol. The van der Waals surface area contributed by atoms with Gasteiger partial charge in [-0.2, -0.15) is 0 Å². The minimum absolute atomic E-state index is 0. The molecule has 3 N–H and O–H groups in total. The Hall–Kier alpha value is -0.0300. The normalized spacial score (nSPS) is 30.7. The van der Waals surface area contributed by atoms with Gasteiger partial charge >= 0.3 is 0 Å². The topological polar surface area (TPSA) is 58.4 Å². The fraction of sp³-hybridized carbons (Fsp3) is 0.941. The van der Waals surface area contributed by atoms with Crippen molar-refractivity contribution in [2.24, 2.45) is 17.6 Å². The number of likely N-dealkylation sites (tertiary alicyclic amines) is 1. The Labute approximate surface area is 154 Å². The standard InChI is InChI=1S/C17H33N3O.2ClH/c1-13-7-10-20(11-8-13)14(2)12-19-16(21)15-6-4-5-9-17(15,3)18;;/h13-15H,4-12,18H2,1-3H3,(H,19,21);2*1H. The van der Waals surface area contributed by atoms with E-state index in [0.717, 1.165) is 51.2 Å². The Balaban J connectivity index is 0.00000242. The van der Waals surface area contributed by atoms with E-state index in [1.807, 2.05) is 6.92 Å². The number of nitrogens with two attached hydrogens (primary N) is 1. The van der Waals surface area contributed by atoms with E-state index in [2.05, 4.69) is 24.1 Å². The van der Waals surface area contributed by atoms with Crippen LogP contribution in [0.25, 0.3) is 0 Å².